The summed E-state index contributed by atoms with van der Waals surface area (Å²) in [6.07, 6.45) is 0.987. The van der Waals surface area contributed by atoms with Crippen LogP contribution in [0.15, 0.2) is 30.5 Å². The highest BCUT2D eigenvalue weighted by molar-refractivity contribution is 5.94. The lowest BCUT2D eigenvalue weighted by Crippen LogP contribution is -2.50. The monoisotopic (exact) mass is 459 g/mol. The fraction of sp³-hybridized carbons (Fsp3) is 0.476. The van der Waals surface area contributed by atoms with Crippen molar-refractivity contribution in [3.63, 3.8) is 0 Å². The minimum atomic E-state index is -0.718. The molecule has 1 fully saturated rings. The molecular weight excluding hydrogens is 434 g/mol. The Morgan fingerprint density at radius 3 is 2.45 bits per heavy atom. The predicted molar refractivity (Wildman–Crippen MR) is 114 cm³/mol. The van der Waals surface area contributed by atoms with Gasteiger partial charge in [-0.05, 0) is 43.0 Å². The van der Waals surface area contributed by atoms with Gasteiger partial charge in [0, 0.05) is 36.7 Å². The standard InChI is InChI=1S/C21H25N5O7/c1-3-31-20(28)24-10-8-23(9-11-24)18(27)15-4-6-16(7-5-15)32-14-21(2)13-25-12-17(26(29)30)22-19(25)33-21/h4-7,12H,3,8-11,13-14H2,1-2H3. The van der Waals surface area contributed by atoms with Crippen molar-refractivity contribution in [3.05, 3.63) is 46.1 Å². The molecule has 176 valence electrons. The van der Waals surface area contributed by atoms with Crippen LogP contribution >= 0.6 is 0 Å². The third-order valence-corrected chi connectivity index (χ3v) is 5.50. The molecule has 2 aliphatic rings. The first-order valence-corrected chi connectivity index (χ1v) is 10.6. The van der Waals surface area contributed by atoms with Crippen molar-refractivity contribution in [1.82, 2.24) is 19.4 Å². The molecule has 2 aliphatic heterocycles. The van der Waals surface area contributed by atoms with Crippen LogP contribution in [0.4, 0.5) is 10.6 Å². The topological polar surface area (TPSA) is 129 Å². The average Bonchev–Trinajstić information content (AvgIpc) is 3.33. The second kappa shape index (κ2) is 8.96. The summed E-state index contributed by atoms with van der Waals surface area (Å²) in [5, 5.41) is 10.8. The van der Waals surface area contributed by atoms with E-state index in [-0.39, 0.29) is 30.4 Å². The molecule has 4 rings (SSSR count). The van der Waals surface area contributed by atoms with Gasteiger partial charge < -0.3 is 34.1 Å². The number of aromatic nitrogens is 2. The molecule has 0 aliphatic carbocycles. The molecule has 0 spiro atoms. The number of hydrogen-bond donors (Lipinski definition) is 0. The van der Waals surface area contributed by atoms with E-state index in [2.05, 4.69) is 4.98 Å². The van der Waals surface area contributed by atoms with Crippen LogP contribution in [0.5, 0.6) is 11.8 Å². The van der Waals surface area contributed by atoms with Crippen LogP contribution < -0.4 is 9.47 Å². The lowest BCUT2D eigenvalue weighted by molar-refractivity contribution is -0.389. The third-order valence-electron chi connectivity index (χ3n) is 5.50. The minimum absolute atomic E-state index is 0.108. The summed E-state index contributed by atoms with van der Waals surface area (Å²) in [5.74, 6) is 0.206. The summed E-state index contributed by atoms with van der Waals surface area (Å²) >= 11 is 0. The molecule has 0 saturated carbocycles. The molecule has 0 radical (unpaired) electrons. The van der Waals surface area contributed by atoms with Crippen molar-refractivity contribution >= 4 is 17.8 Å². The number of carbonyl (C=O) groups excluding carboxylic acids is 2. The van der Waals surface area contributed by atoms with Crippen LogP contribution in [0.2, 0.25) is 0 Å². The third kappa shape index (κ3) is 4.83. The number of amides is 2. The molecule has 33 heavy (non-hydrogen) atoms. The fourth-order valence-corrected chi connectivity index (χ4v) is 3.78. The molecule has 0 bridgehead atoms. The number of rotatable bonds is 6. The molecule has 1 atom stereocenters. The van der Waals surface area contributed by atoms with Gasteiger partial charge in [0.1, 0.15) is 18.6 Å². The number of piperazine rings is 1. The highest BCUT2D eigenvalue weighted by Gasteiger charge is 2.41. The van der Waals surface area contributed by atoms with Crippen LogP contribution in [-0.2, 0) is 11.3 Å². The van der Waals surface area contributed by atoms with Gasteiger partial charge in [0.2, 0.25) is 0 Å². The summed E-state index contributed by atoms with van der Waals surface area (Å²) < 4.78 is 18.2. The summed E-state index contributed by atoms with van der Waals surface area (Å²) in [6.45, 7) is 6.25. The highest BCUT2D eigenvalue weighted by Crippen LogP contribution is 2.31. The van der Waals surface area contributed by atoms with Gasteiger partial charge in [-0.25, -0.2) is 4.79 Å². The van der Waals surface area contributed by atoms with E-state index in [9.17, 15) is 19.7 Å². The number of ether oxygens (including phenoxy) is 3. The van der Waals surface area contributed by atoms with Gasteiger partial charge in [-0.1, -0.05) is 0 Å². The first-order valence-electron chi connectivity index (χ1n) is 10.6. The van der Waals surface area contributed by atoms with Gasteiger partial charge in [-0.3, -0.25) is 9.36 Å². The molecule has 2 aromatic rings. The van der Waals surface area contributed by atoms with Crippen LogP contribution in [0.3, 0.4) is 0 Å². The van der Waals surface area contributed by atoms with Gasteiger partial charge in [0.25, 0.3) is 5.91 Å². The number of nitrogens with zero attached hydrogens (tertiary/aromatic N) is 5. The number of fused-ring (bicyclic) bond motifs is 1. The highest BCUT2D eigenvalue weighted by atomic mass is 16.6. The van der Waals surface area contributed by atoms with E-state index in [1.807, 2.05) is 6.92 Å². The van der Waals surface area contributed by atoms with Crippen molar-refractivity contribution in [1.29, 1.82) is 0 Å². The molecule has 1 unspecified atom stereocenters. The zero-order valence-electron chi connectivity index (χ0n) is 18.4. The maximum absolute atomic E-state index is 12.8. The molecule has 1 saturated heterocycles. The fourth-order valence-electron chi connectivity index (χ4n) is 3.78. The van der Waals surface area contributed by atoms with E-state index >= 15 is 0 Å². The largest absolute Gasteiger partial charge is 0.489 e. The number of benzene rings is 1. The van der Waals surface area contributed by atoms with Crippen molar-refractivity contribution in [2.75, 3.05) is 39.4 Å². The second-order valence-corrected chi connectivity index (χ2v) is 8.11. The number of imidazole rings is 1. The number of carbonyl (C=O) groups is 2. The Kier molecular flexibility index (Phi) is 6.07. The first kappa shape index (κ1) is 22.4. The van der Waals surface area contributed by atoms with Crippen LogP contribution in [0, 0.1) is 10.1 Å². The first-order chi connectivity index (χ1) is 15.8. The van der Waals surface area contributed by atoms with Gasteiger partial charge in [0.05, 0.1) is 13.2 Å². The molecule has 2 amide bonds. The minimum Gasteiger partial charge on any atom is -0.489 e. The predicted octanol–water partition coefficient (Wildman–Crippen LogP) is 1.94. The van der Waals surface area contributed by atoms with E-state index < -0.39 is 10.5 Å². The Balaban J connectivity index is 1.28. The summed E-state index contributed by atoms with van der Waals surface area (Å²) in [6, 6.07) is 7.01. The summed E-state index contributed by atoms with van der Waals surface area (Å²) in [5.41, 5.74) is -0.187. The smallest absolute Gasteiger partial charge is 0.415 e. The average molecular weight is 459 g/mol. The zero-order valence-corrected chi connectivity index (χ0v) is 18.4. The molecule has 0 N–H and O–H groups in total. The molecule has 1 aromatic heterocycles. The van der Waals surface area contributed by atoms with E-state index in [0.717, 1.165) is 0 Å². The molecular formula is C21H25N5O7. The van der Waals surface area contributed by atoms with E-state index in [1.165, 1.54) is 6.20 Å². The van der Waals surface area contributed by atoms with E-state index in [4.69, 9.17) is 14.2 Å². The normalized spacial score (nSPS) is 19.6. The van der Waals surface area contributed by atoms with Crippen molar-refractivity contribution in [3.8, 4) is 11.8 Å². The number of hydrogen-bond acceptors (Lipinski definition) is 8. The molecule has 3 heterocycles. The van der Waals surface area contributed by atoms with Gasteiger partial charge in [0.15, 0.2) is 5.60 Å². The maximum atomic E-state index is 12.8. The van der Waals surface area contributed by atoms with Gasteiger partial charge in [-0.2, -0.15) is 0 Å². The maximum Gasteiger partial charge on any atom is 0.415 e. The number of nitro groups is 1. The second-order valence-electron chi connectivity index (χ2n) is 8.11. The van der Waals surface area contributed by atoms with Crippen molar-refractivity contribution in [2.45, 2.75) is 26.0 Å². The SMILES string of the molecule is CCOC(=O)N1CCN(C(=O)c2ccc(OCC3(C)Cn4cc([N+](=O)[O-])nc4O3)cc2)CC1. The van der Waals surface area contributed by atoms with E-state index in [1.54, 1.807) is 45.6 Å². The Labute approximate surface area is 189 Å². The lowest BCUT2D eigenvalue weighted by Gasteiger charge is -2.34. The Morgan fingerprint density at radius 2 is 1.85 bits per heavy atom. The summed E-state index contributed by atoms with van der Waals surface area (Å²) in [7, 11) is 0. The lowest BCUT2D eigenvalue weighted by atomic mass is 10.1. The van der Waals surface area contributed by atoms with E-state index in [0.29, 0.717) is 50.6 Å². The van der Waals surface area contributed by atoms with Crippen LogP contribution in [0.25, 0.3) is 0 Å². The van der Waals surface area contributed by atoms with Crippen LogP contribution in [-0.4, -0.2) is 81.3 Å². The van der Waals surface area contributed by atoms with Gasteiger partial charge >= 0.3 is 17.9 Å². The zero-order chi connectivity index (χ0) is 23.6. The Bertz CT molecular complexity index is 1020. The Morgan fingerprint density at radius 1 is 1.18 bits per heavy atom. The molecule has 12 nitrogen and oxygen atoms in total. The molecule has 12 heteroatoms. The quantitative estimate of drug-likeness (QED) is 0.473. The van der Waals surface area contributed by atoms with Crippen molar-refractivity contribution < 1.29 is 28.7 Å². The Hall–Kier alpha value is -3.83. The van der Waals surface area contributed by atoms with Gasteiger partial charge in [-0.15, -0.1) is 0 Å². The van der Waals surface area contributed by atoms with Crippen molar-refractivity contribution in [2.24, 2.45) is 0 Å². The summed E-state index contributed by atoms with van der Waals surface area (Å²) in [4.78, 5) is 42.0. The molecule has 1 aromatic carbocycles. The van der Waals surface area contributed by atoms with Crippen LogP contribution in [0.1, 0.15) is 24.2 Å².